The lowest BCUT2D eigenvalue weighted by atomic mass is 10.2. The summed E-state index contributed by atoms with van der Waals surface area (Å²) in [7, 11) is 1.74. The Balaban J connectivity index is 4.97. The lowest BCUT2D eigenvalue weighted by molar-refractivity contribution is -0.125. The van der Waals surface area contributed by atoms with Crippen LogP contribution in [0.1, 0.15) is 20.8 Å². The van der Waals surface area contributed by atoms with Crippen molar-refractivity contribution < 1.29 is 4.79 Å². The van der Waals surface area contributed by atoms with E-state index >= 15 is 0 Å². The number of carbonyl (C=O) groups excluding carboxylic acids is 1. The first-order chi connectivity index (χ1) is 6.04. The number of hydrogen-bond donors (Lipinski definition) is 0. The van der Waals surface area contributed by atoms with Gasteiger partial charge in [0.1, 0.15) is 0 Å². The number of amides is 1. The summed E-state index contributed by atoms with van der Waals surface area (Å²) in [4.78, 5) is 12.7. The Morgan fingerprint density at radius 1 is 1.38 bits per heavy atom. The van der Waals surface area contributed by atoms with Gasteiger partial charge < -0.3 is 4.90 Å². The molecule has 13 heavy (non-hydrogen) atoms. The van der Waals surface area contributed by atoms with E-state index in [1.165, 1.54) is 6.92 Å². The number of carbonyl (C=O) groups is 1. The van der Waals surface area contributed by atoms with Gasteiger partial charge in [0, 0.05) is 19.7 Å². The normalized spacial score (nSPS) is 12.6. The molecule has 0 unspecified atom stereocenters. The summed E-state index contributed by atoms with van der Waals surface area (Å²) in [6.07, 6.45) is 5.58. The molecule has 0 aliphatic rings. The summed E-state index contributed by atoms with van der Waals surface area (Å²) in [5, 5.41) is 0. The third-order valence-corrected chi connectivity index (χ3v) is 1.85. The van der Waals surface area contributed by atoms with E-state index in [1.54, 1.807) is 18.0 Å². The molecule has 0 bridgehead atoms. The Morgan fingerprint density at radius 3 is 2.23 bits per heavy atom. The second-order valence-electron chi connectivity index (χ2n) is 2.85. The van der Waals surface area contributed by atoms with E-state index in [9.17, 15) is 4.79 Å². The van der Waals surface area contributed by atoms with Gasteiger partial charge in [0.2, 0.25) is 5.91 Å². The number of hydrogen-bond acceptors (Lipinski definition) is 1. The van der Waals surface area contributed by atoms with Gasteiger partial charge in [-0.15, -0.1) is 0 Å². The van der Waals surface area contributed by atoms with Crippen molar-refractivity contribution in [2.45, 2.75) is 20.8 Å². The molecule has 0 aromatic carbocycles. The van der Waals surface area contributed by atoms with Crippen molar-refractivity contribution in [2.24, 2.45) is 0 Å². The molecule has 0 aromatic heterocycles. The molecule has 0 aliphatic heterocycles. The first kappa shape index (κ1) is 11.7. The zero-order valence-electron chi connectivity index (χ0n) is 8.79. The third-order valence-electron chi connectivity index (χ3n) is 1.85. The number of rotatable bonds is 3. The van der Waals surface area contributed by atoms with Crippen molar-refractivity contribution in [2.75, 3.05) is 7.05 Å². The van der Waals surface area contributed by atoms with E-state index in [0.717, 1.165) is 11.3 Å². The van der Waals surface area contributed by atoms with Gasteiger partial charge in [-0.05, 0) is 25.5 Å². The van der Waals surface area contributed by atoms with Gasteiger partial charge >= 0.3 is 0 Å². The van der Waals surface area contributed by atoms with Crippen LogP contribution in [0.25, 0.3) is 0 Å². The van der Waals surface area contributed by atoms with E-state index in [1.807, 2.05) is 26.0 Å². The standard InChI is InChI=1S/C11H17NO/c1-6-8-9(3)11(7-2)12(5)10(4)13/h6-8H,2H2,1,3-5H3/b8-6-,11-9+. The van der Waals surface area contributed by atoms with E-state index in [2.05, 4.69) is 6.58 Å². The van der Waals surface area contributed by atoms with Gasteiger partial charge in [0.05, 0.1) is 0 Å². The smallest absolute Gasteiger partial charge is 0.223 e. The molecule has 2 nitrogen and oxygen atoms in total. The molecular weight excluding hydrogens is 162 g/mol. The highest BCUT2D eigenvalue weighted by Gasteiger charge is 2.06. The van der Waals surface area contributed by atoms with Crippen LogP contribution in [0.15, 0.2) is 36.1 Å². The van der Waals surface area contributed by atoms with Crippen molar-refractivity contribution in [3.05, 3.63) is 36.1 Å². The molecule has 2 heteroatoms. The van der Waals surface area contributed by atoms with Crippen LogP contribution in [0.4, 0.5) is 0 Å². The number of nitrogens with zero attached hydrogens (tertiary/aromatic N) is 1. The second kappa shape index (κ2) is 5.36. The van der Waals surface area contributed by atoms with Crippen LogP contribution in [-0.4, -0.2) is 17.9 Å². The van der Waals surface area contributed by atoms with Crippen molar-refractivity contribution in [3.63, 3.8) is 0 Å². The Bertz CT molecular complexity index is 261. The average molecular weight is 179 g/mol. The summed E-state index contributed by atoms with van der Waals surface area (Å²) in [6.45, 7) is 9.11. The molecule has 0 atom stereocenters. The topological polar surface area (TPSA) is 20.3 Å². The molecular formula is C11H17NO. The number of allylic oxidation sites excluding steroid dienone is 4. The minimum absolute atomic E-state index is 0.0127. The molecule has 0 rings (SSSR count). The van der Waals surface area contributed by atoms with Crippen LogP contribution in [-0.2, 0) is 4.79 Å². The number of likely N-dealkylation sites (N-methyl/N-ethyl adjacent to an activating group) is 1. The maximum atomic E-state index is 11.1. The largest absolute Gasteiger partial charge is 0.315 e. The van der Waals surface area contributed by atoms with Crippen molar-refractivity contribution >= 4 is 5.91 Å². The zero-order chi connectivity index (χ0) is 10.4. The van der Waals surface area contributed by atoms with E-state index < -0.39 is 0 Å². The highest BCUT2D eigenvalue weighted by Crippen LogP contribution is 2.10. The molecule has 72 valence electrons. The molecule has 0 fully saturated rings. The SMILES string of the molecule is C=C/C(=C(C)\C=C/C)N(C)C(C)=O. The maximum Gasteiger partial charge on any atom is 0.223 e. The summed E-state index contributed by atoms with van der Waals surface area (Å²) in [5.74, 6) is 0.0127. The van der Waals surface area contributed by atoms with Crippen molar-refractivity contribution in [3.8, 4) is 0 Å². The van der Waals surface area contributed by atoms with Crippen molar-refractivity contribution in [1.82, 2.24) is 4.90 Å². The van der Waals surface area contributed by atoms with Crippen LogP contribution < -0.4 is 0 Å². The van der Waals surface area contributed by atoms with Gasteiger partial charge in [-0.3, -0.25) is 4.79 Å². The molecule has 1 amide bonds. The van der Waals surface area contributed by atoms with Gasteiger partial charge in [-0.2, -0.15) is 0 Å². The fourth-order valence-electron chi connectivity index (χ4n) is 1.07. The summed E-state index contributed by atoms with van der Waals surface area (Å²) in [5.41, 5.74) is 1.89. The van der Waals surface area contributed by atoms with Crippen LogP contribution in [0.3, 0.4) is 0 Å². The summed E-state index contributed by atoms with van der Waals surface area (Å²) < 4.78 is 0. The van der Waals surface area contributed by atoms with E-state index in [0.29, 0.717) is 0 Å². The van der Waals surface area contributed by atoms with Crippen LogP contribution >= 0.6 is 0 Å². The monoisotopic (exact) mass is 179 g/mol. The first-order valence-corrected chi connectivity index (χ1v) is 4.24. The highest BCUT2D eigenvalue weighted by atomic mass is 16.2. The fraction of sp³-hybridized carbons (Fsp3) is 0.364. The van der Waals surface area contributed by atoms with Crippen LogP contribution in [0.2, 0.25) is 0 Å². The van der Waals surface area contributed by atoms with Crippen LogP contribution in [0.5, 0.6) is 0 Å². The zero-order valence-corrected chi connectivity index (χ0v) is 8.79. The summed E-state index contributed by atoms with van der Waals surface area (Å²) in [6, 6.07) is 0. The lowest BCUT2D eigenvalue weighted by Crippen LogP contribution is -2.22. The van der Waals surface area contributed by atoms with Crippen molar-refractivity contribution in [1.29, 1.82) is 0 Å². The Morgan fingerprint density at radius 2 is 1.92 bits per heavy atom. The minimum Gasteiger partial charge on any atom is -0.315 e. The first-order valence-electron chi connectivity index (χ1n) is 4.24. The Kier molecular flexibility index (Phi) is 4.82. The molecule has 0 saturated heterocycles. The predicted molar refractivity (Wildman–Crippen MR) is 56.2 cm³/mol. The molecule has 0 radical (unpaired) electrons. The molecule has 0 aliphatic carbocycles. The predicted octanol–water partition coefficient (Wildman–Crippen LogP) is 2.50. The molecule has 0 heterocycles. The molecule has 0 saturated carbocycles. The lowest BCUT2D eigenvalue weighted by Gasteiger charge is -2.17. The van der Waals surface area contributed by atoms with Gasteiger partial charge in [-0.25, -0.2) is 0 Å². The summed E-state index contributed by atoms with van der Waals surface area (Å²) >= 11 is 0. The average Bonchev–Trinajstić information content (AvgIpc) is 2.05. The van der Waals surface area contributed by atoms with E-state index in [-0.39, 0.29) is 5.91 Å². The molecule has 0 spiro atoms. The highest BCUT2D eigenvalue weighted by molar-refractivity contribution is 5.75. The minimum atomic E-state index is 0.0127. The molecule has 0 aromatic rings. The third kappa shape index (κ3) is 3.28. The van der Waals surface area contributed by atoms with Gasteiger partial charge in [0.25, 0.3) is 0 Å². The Labute approximate surface area is 80.2 Å². The fourth-order valence-corrected chi connectivity index (χ4v) is 1.07. The van der Waals surface area contributed by atoms with E-state index in [4.69, 9.17) is 0 Å². The van der Waals surface area contributed by atoms with Gasteiger partial charge in [0.15, 0.2) is 0 Å². The van der Waals surface area contributed by atoms with Crippen LogP contribution in [0, 0.1) is 0 Å². The van der Waals surface area contributed by atoms with Gasteiger partial charge in [-0.1, -0.05) is 18.7 Å². The maximum absolute atomic E-state index is 11.1. The second-order valence-corrected chi connectivity index (χ2v) is 2.85. The quantitative estimate of drug-likeness (QED) is 0.609. The molecule has 0 N–H and O–H groups in total. The Hall–Kier alpha value is -1.31.